The van der Waals surface area contributed by atoms with Gasteiger partial charge in [0.15, 0.2) is 11.5 Å². The molecule has 0 radical (unpaired) electrons. The summed E-state index contributed by atoms with van der Waals surface area (Å²) in [4.78, 5) is 24.9. The molecule has 2 amide bonds. The molecule has 0 aliphatic carbocycles. The highest BCUT2D eigenvalue weighted by atomic mass is 16.7. The van der Waals surface area contributed by atoms with Gasteiger partial charge in [-0.25, -0.2) is 0 Å². The van der Waals surface area contributed by atoms with Crippen LogP contribution in [0.4, 0.5) is 0 Å². The van der Waals surface area contributed by atoms with Gasteiger partial charge in [-0.15, -0.1) is 0 Å². The van der Waals surface area contributed by atoms with Crippen LogP contribution >= 0.6 is 0 Å². The van der Waals surface area contributed by atoms with Crippen LogP contribution < -0.4 is 26.3 Å². The first-order chi connectivity index (χ1) is 11.8. The molecule has 5 N–H and O–H groups in total. The summed E-state index contributed by atoms with van der Waals surface area (Å²) in [5.41, 5.74) is 11.8. The zero-order valence-corrected chi connectivity index (χ0v) is 14.8. The Morgan fingerprint density at radius 3 is 2.64 bits per heavy atom. The van der Waals surface area contributed by atoms with E-state index in [0.29, 0.717) is 0 Å². The highest BCUT2D eigenvalue weighted by Gasteiger charge is 2.22. The van der Waals surface area contributed by atoms with Crippen molar-refractivity contribution in [2.24, 2.45) is 11.5 Å². The maximum Gasteiger partial charge on any atom is 0.238 e. The number of rotatable bonds is 8. The van der Waals surface area contributed by atoms with Crippen molar-refractivity contribution in [2.75, 3.05) is 13.8 Å². The maximum atomic E-state index is 12.0. The third-order valence-corrected chi connectivity index (χ3v) is 4.38. The molecule has 1 heterocycles. The van der Waals surface area contributed by atoms with E-state index in [1.165, 1.54) is 0 Å². The van der Waals surface area contributed by atoms with Gasteiger partial charge in [-0.3, -0.25) is 14.5 Å². The van der Waals surface area contributed by atoms with E-state index in [9.17, 15) is 9.59 Å². The SMILES string of the molecule is CC(Cc1ccc2c(c1)OCO2)N(C)C(C)NC(=O)C(N)CC(N)=O. The van der Waals surface area contributed by atoms with E-state index >= 15 is 0 Å². The van der Waals surface area contributed by atoms with Gasteiger partial charge >= 0.3 is 0 Å². The number of nitrogens with two attached hydrogens (primary N) is 2. The minimum Gasteiger partial charge on any atom is -0.454 e. The number of ether oxygens (including phenoxy) is 2. The van der Waals surface area contributed by atoms with E-state index < -0.39 is 17.9 Å². The average molecular weight is 350 g/mol. The van der Waals surface area contributed by atoms with Gasteiger partial charge < -0.3 is 26.3 Å². The van der Waals surface area contributed by atoms with Crippen molar-refractivity contribution in [3.05, 3.63) is 23.8 Å². The van der Waals surface area contributed by atoms with Crippen molar-refractivity contribution < 1.29 is 19.1 Å². The second kappa shape index (κ2) is 8.17. The molecule has 8 heteroatoms. The number of amides is 2. The van der Waals surface area contributed by atoms with Gasteiger partial charge in [0.2, 0.25) is 18.6 Å². The molecule has 1 aliphatic rings. The molecule has 0 saturated carbocycles. The molecular formula is C17H26N4O4. The van der Waals surface area contributed by atoms with Gasteiger partial charge in [-0.05, 0) is 45.0 Å². The fraction of sp³-hybridized carbons (Fsp3) is 0.529. The number of hydrogen-bond donors (Lipinski definition) is 3. The standard InChI is InChI=1S/C17H26N4O4/c1-10(6-12-4-5-14-15(7-12)25-9-24-14)21(3)11(2)20-17(23)13(18)8-16(19)22/h4-5,7,10-11,13H,6,8-9,18H2,1-3H3,(H2,19,22)(H,20,23). The fourth-order valence-electron chi connectivity index (χ4n) is 2.66. The van der Waals surface area contributed by atoms with Gasteiger partial charge in [-0.1, -0.05) is 6.07 Å². The third-order valence-electron chi connectivity index (χ3n) is 4.38. The Kier molecular flexibility index (Phi) is 6.22. The van der Waals surface area contributed by atoms with E-state index in [1.54, 1.807) is 0 Å². The molecule has 1 aromatic rings. The van der Waals surface area contributed by atoms with Crippen molar-refractivity contribution in [1.82, 2.24) is 10.2 Å². The first kappa shape index (κ1) is 19.0. The van der Waals surface area contributed by atoms with Gasteiger partial charge in [0.25, 0.3) is 0 Å². The summed E-state index contributed by atoms with van der Waals surface area (Å²) >= 11 is 0. The average Bonchev–Trinajstić information content (AvgIpc) is 3.00. The lowest BCUT2D eigenvalue weighted by Gasteiger charge is -2.32. The van der Waals surface area contributed by atoms with E-state index in [4.69, 9.17) is 20.9 Å². The Bertz CT molecular complexity index is 637. The van der Waals surface area contributed by atoms with E-state index in [-0.39, 0.29) is 25.4 Å². The molecule has 0 bridgehead atoms. The number of primary amides is 1. The predicted molar refractivity (Wildman–Crippen MR) is 92.9 cm³/mol. The Hall–Kier alpha value is -2.32. The van der Waals surface area contributed by atoms with Crippen molar-refractivity contribution in [1.29, 1.82) is 0 Å². The topological polar surface area (TPSA) is 120 Å². The molecule has 8 nitrogen and oxygen atoms in total. The Labute approximate surface area is 147 Å². The van der Waals surface area contributed by atoms with Crippen LogP contribution in [0.5, 0.6) is 11.5 Å². The van der Waals surface area contributed by atoms with Gasteiger partial charge in [0.05, 0.1) is 18.6 Å². The fourth-order valence-corrected chi connectivity index (χ4v) is 2.66. The molecule has 0 spiro atoms. The van der Waals surface area contributed by atoms with E-state index in [2.05, 4.69) is 12.2 Å². The van der Waals surface area contributed by atoms with Gasteiger partial charge in [0.1, 0.15) is 0 Å². The summed E-state index contributed by atoms with van der Waals surface area (Å²) in [6, 6.07) is 5.10. The summed E-state index contributed by atoms with van der Waals surface area (Å²) in [6.07, 6.45) is 0.367. The van der Waals surface area contributed by atoms with Crippen LogP contribution in [0.2, 0.25) is 0 Å². The molecule has 0 saturated heterocycles. The normalized spacial score (nSPS) is 16.4. The van der Waals surface area contributed by atoms with Crippen LogP contribution in [0.25, 0.3) is 0 Å². The Balaban J connectivity index is 1.89. The Morgan fingerprint density at radius 1 is 1.28 bits per heavy atom. The largest absolute Gasteiger partial charge is 0.454 e. The second-order valence-electron chi connectivity index (χ2n) is 6.37. The maximum absolute atomic E-state index is 12.0. The number of nitrogens with zero attached hydrogens (tertiary/aromatic N) is 1. The number of carbonyl (C=O) groups excluding carboxylic acids is 2. The monoisotopic (exact) mass is 350 g/mol. The van der Waals surface area contributed by atoms with Crippen molar-refractivity contribution >= 4 is 11.8 Å². The Morgan fingerprint density at radius 2 is 1.96 bits per heavy atom. The molecule has 2 rings (SSSR count). The van der Waals surface area contributed by atoms with E-state index in [1.807, 2.05) is 37.1 Å². The summed E-state index contributed by atoms with van der Waals surface area (Å²) in [6.45, 7) is 4.18. The van der Waals surface area contributed by atoms with Crippen LogP contribution in [0, 0.1) is 0 Å². The molecule has 1 aromatic carbocycles. The summed E-state index contributed by atoms with van der Waals surface area (Å²) in [5, 5.41) is 2.80. The molecular weight excluding hydrogens is 324 g/mol. The van der Waals surface area contributed by atoms with Crippen LogP contribution in [0.15, 0.2) is 18.2 Å². The zero-order valence-electron chi connectivity index (χ0n) is 14.8. The number of carbonyl (C=O) groups is 2. The highest BCUT2D eigenvalue weighted by Crippen LogP contribution is 2.32. The number of nitrogens with one attached hydrogen (secondary N) is 1. The molecule has 1 aliphatic heterocycles. The van der Waals surface area contributed by atoms with Crippen LogP contribution in [-0.4, -0.2) is 48.8 Å². The minimum absolute atomic E-state index is 0.156. The summed E-state index contributed by atoms with van der Waals surface area (Å²) < 4.78 is 10.7. The molecule has 25 heavy (non-hydrogen) atoms. The predicted octanol–water partition coefficient (Wildman–Crippen LogP) is -0.0570. The molecule has 138 valence electrons. The third kappa shape index (κ3) is 5.07. The molecule has 0 fully saturated rings. The van der Waals surface area contributed by atoms with Crippen molar-refractivity contribution in [3.63, 3.8) is 0 Å². The minimum atomic E-state index is -0.933. The lowest BCUT2D eigenvalue weighted by Crippen LogP contribution is -2.53. The van der Waals surface area contributed by atoms with Crippen molar-refractivity contribution in [2.45, 2.75) is 44.9 Å². The van der Waals surface area contributed by atoms with Crippen molar-refractivity contribution in [3.8, 4) is 11.5 Å². The van der Waals surface area contributed by atoms with Crippen LogP contribution in [0.3, 0.4) is 0 Å². The summed E-state index contributed by atoms with van der Waals surface area (Å²) in [7, 11) is 1.92. The quantitative estimate of drug-likeness (QED) is 0.565. The summed E-state index contributed by atoms with van der Waals surface area (Å²) in [5.74, 6) is 0.522. The molecule has 0 aromatic heterocycles. The number of likely N-dealkylation sites (N-methyl/N-ethyl adjacent to an activating group) is 1. The molecule has 3 atom stereocenters. The van der Waals surface area contributed by atoms with E-state index in [0.717, 1.165) is 23.5 Å². The van der Waals surface area contributed by atoms with Crippen LogP contribution in [-0.2, 0) is 16.0 Å². The molecule has 3 unspecified atom stereocenters. The van der Waals surface area contributed by atoms with Gasteiger partial charge in [0, 0.05) is 6.04 Å². The first-order valence-corrected chi connectivity index (χ1v) is 8.22. The number of benzene rings is 1. The number of fused-ring (bicyclic) bond motifs is 1. The van der Waals surface area contributed by atoms with Crippen LogP contribution in [0.1, 0.15) is 25.8 Å². The highest BCUT2D eigenvalue weighted by molar-refractivity contribution is 5.87. The zero-order chi connectivity index (χ0) is 18.6. The lowest BCUT2D eigenvalue weighted by molar-refractivity contribution is -0.127. The smallest absolute Gasteiger partial charge is 0.238 e. The number of hydrogen-bond acceptors (Lipinski definition) is 6. The second-order valence-corrected chi connectivity index (χ2v) is 6.37. The van der Waals surface area contributed by atoms with Gasteiger partial charge in [-0.2, -0.15) is 0 Å². The first-order valence-electron chi connectivity index (χ1n) is 8.22. The lowest BCUT2D eigenvalue weighted by atomic mass is 10.1.